The summed E-state index contributed by atoms with van der Waals surface area (Å²) in [4.78, 5) is 34.2. The molecule has 2 rings (SSSR count). The predicted octanol–water partition coefficient (Wildman–Crippen LogP) is 2.41. The highest BCUT2D eigenvalue weighted by atomic mass is 16.6. The van der Waals surface area contributed by atoms with Crippen molar-refractivity contribution in [1.82, 2.24) is 0 Å². The zero-order valence-electron chi connectivity index (χ0n) is 14.1. The minimum absolute atomic E-state index is 0.0143. The molecule has 0 aliphatic carbocycles. The smallest absolute Gasteiger partial charge is 0.338 e. The average molecular weight is 360 g/mol. The molecule has 0 saturated heterocycles. The summed E-state index contributed by atoms with van der Waals surface area (Å²) in [5.41, 5.74) is -0.0147. The Labute approximate surface area is 148 Å². The highest BCUT2D eigenvalue weighted by Crippen LogP contribution is 2.28. The molecule has 26 heavy (non-hydrogen) atoms. The number of carbonyl (C=O) groups is 2. The molecule has 0 radical (unpaired) electrons. The van der Waals surface area contributed by atoms with Crippen LogP contribution in [0.15, 0.2) is 42.5 Å². The number of esters is 1. The van der Waals surface area contributed by atoms with Gasteiger partial charge in [-0.1, -0.05) is 12.1 Å². The monoisotopic (exact) mass is 360 g/mol. The molecule has 1 N–H and O–H groups in total. The Kier molecular flexibility index (Phi) is 6.10. The Morgan fingerprint density at radius 3 is 2.42 bits per heavy atom. The maximum atomic E-state index is 12.0. The van der Waals surface area contributed by atoms with Crippen LogP contribution in [0.5, 0.6) is 11.5 Å². The van der Waals surface area contributed by atoms with Crippen LogP contribution in [-0.2, 0) is 9.53 Å². The van der Waals surface area contributed by atoms with Gasteiger partial charge in [0.05, 0.1) is 30.4 Å². The second-order valence-electron chi connectivity index (χ2n) is 4.97. The van der Waals surface area contributed by atoms with Crippen molar-refractivity contribution >= 4 is 23.3 Å². The molecule has 0 spiro atoms. The Morgan fingerprint density at radius 2 is 1.77 bits per heavy atom. The molecule has 0 atom stereocenters. The number of nitro groups is 1. The minimum Gasteiger partial charge on any atom is -0.495 e. The normalized spacial score (nSPS) is 9.92. The number of amides is 1. The van der Waals surface area contributed by atoms with E-state index >= 15 is 0 Å². The van der Waals surface area contributed by atoms with Gasteiger partial charge >= 0.3 is 11.7 Å². The Hall–Kier alpha value is -3.62. The van der Waals surface area contributed by atoms with Gasteiger partial charge in [0.25, 0.3) is 5.91 Å². The number of nitrogens with zero attached hydrogens (tertiary/aromatic N) is 1. The van der Waals surface area contributed by atoms with Gasteiger partial charge in [-0.2, -0.15) is 0 Å². The average Bonchev–Trinajstić information content (AvgIpc) is 2.65. The molecule has 0 saturated carbocycles. The number of carbonyl (C=O) groups excluding carboxylic acids is 2. The van der Waals surface area contributed by atoms with Gasteiger partial charge in [0.15, 0.2) is 12.4 Å². The van der Waals surface area contributed by atoms with Crippen molar-refractivity contribution in [3.8, 4) is 11.5 Å². The first-order valence-corrected chi connectivity index (χ1v) is 7.38. The Bertz CT molecular complexity index is 836. The fraction of sp³-hybridized carbons (Fsp3) is 0.176. The number of benzene rings is 2. The third-order valence-electron chi connectivity index (χ3n) is 3.33. The second-order valence-corrected chi connectivity index (χ2v) is 4.97. The van der Waals surface area contributed by atoms with Gasteiger partial charge in [0.1, 0.15) is 5.75 Å². The molecule has 0 heterocycles. The summed E-state index contributed by atoms with van der Waals surface area (Å²) in [5, 5.41) is 13.5. The van der Waals surface area contributed by atoms with Crippen molar-refractivity contribution in [3.63, 3.8) is 0 Å². The number of methoxy groups -OCH3 is 2. The maximum absolute atomic E-state index is 12.0. The number of para-hydroxylation sites is 2. The largest absolute Gasteiger partial charge is 0.495 e. The molecule has 0 fully saturated rings. The zero-order chi connectivity index (χ0) is 19.1. The first-order chi connectivity index (χ1) is 12.5. The summed E-state index contributed by atoms with van der Waals surface area (Å²) in [6, 6.07) is 10.4. The minimum atomic E-state index is -0.870. The van der Waals surface area contributed by atoms with Crippen molar-refractivity contribution in [2.24, 2.45) is 0 Å². The SMILES string of the molecule is COc1ccccc1NC(=O)COC(=O)c1ccc(OC)c([N+](=O)[O-])c1. The van der Waals surface area contributed by atoms with Gasteiger partial charge in [-0.3, -0.25) is 14.9 Å². The van der Waals surface area contributed by atoms with Gasteiger partial charge in [-0.25, -0.2) is 4.79 Å². The lowest BCUT2D eigenvalue weighted by molar-refractivity contribution is -0.385. The lowest BCUT2D eigenvalue weighted by Crippen LogP contribution is -2.21. The van der Waals surface area contributed by atoms with E-state index in [1.54, 1.807) is 24.3 Å². The van der Waals surface area contributed by atoms with Crippen LogP contribution in [-0.4, -0.2) is 37.6 Å². The summed E-state index contributed by atoms with van der Waals surface area (Å²) >= 11 is 0. The van der Waals surface area contributed by atoms with Gasteiger partial charge in [0.2, 0.25) is 0 Å². The van der Waals surface area contributed by atoms with Gasteiger partial charge in [0, 0.05) is 6.07 Å². The highest BCUT2D eigenvalue weighted by molar-refractivity contribution is 5.96. The third kappa shape index (κ3) is 4.47. The van der Waals surface area contributed by atoms with Crippen LogP contribution in [0.4, 0.5) is 11.4 Å². The van der Waals surface area contributed by atoms with Crippen molar-refractivity contribution in [2.45, 2.75) is 0 Å². The quantitative estimate of drug-likeness (QED) is 0.458. The first kappa shape index (κ1) is 18.7. The number of nitro benzene ring substituents is 1. The standard InChI is InChI=1S/C17H16N2O7/c1-24-14-6-4-3-5-12(14)18-16(20)10-26-17(21)11-7-8-15(25-2)13(9-11)19(22)23/h3-9H,10H2,1-2H3,(H,18,20). The number of hydrogen-bond acceptors (Lipinski definition) is 7. The van der Waals surface area contributed by atoms with E-state index in [-0.39, 0.29) is 17.0 Å². The van der Waals surface area contributed by atoms with Crippen LogP contribution in [0.1, 0.15) is 10.4 Å². The maximum Gasteiger partial charge on any atom is 0.338 e. The van der Waals surface area contributed by atoms with Crippen LogP contribution < -0.4 is 14.8 Å². The Balaban J connectivity index is 2.01. The van der Waals surface area contributed by atoms with Gasteiger partial charge < -0.3 is 19.5 Å². The Morgan fingerprint density at radius 1 is 1.08 bits per heavy atom. The molecule has 136 valence electrons. The topological polar surface area (TPSA) is 117 Å². The second kappa shape index (κ2) is 8.47. The first-order valence-electron chi connectivity index (χ1n) is 7.38. The number of anilines is 1. The van der Waals surface area contributed by atoms with E-state index in [1.165, 1.54) is 26.4 Å². The molecule has 0 aliphatic heterocycles. The number of rotatable bonds is 7. The molecular weight excluding hydrogens is 344 g/mol. The lowest BCUT2D eigenvalue weighted by Gasteiger charge is -2.10. The van der Waals surface area contributed by atoms with Crippen molar-refractivity contribution < 1.29 is 28.7 Å². The van der Waals surface area contributed by atoms with Crippen LogP contribution in [0, 0.1) is 10.1 Å². The summed E-state index contributed by atoms with van der Waals surface area (Å²) in [5.74, 6) is -0.977. The van der Waals surface area contributed by atoms with Crippen LogP contribution in [0.3, 0.4) is 0 Å². The van der Waals surface area contributed by atoms with Crippen LogP contribution in [0.25, 0.3) is 0 Å². The van der Waals surface area contributed by atoms with E-state index in [0.29, 0.717) is 11.4 Å². The van der Waals surface area contributed by atoms with Crippen LogP contribution in [0.2, 0.25) is 0 Å². The van der Waals surface area contributed by atoms with E-state index in [9.17, 15) is 19.7 Å². The summed E-state index contributed by atoms with van der Waals surface area (Å²) in [6.45, 7) is -0.559. The van der Waals surface area contributed by atoms with Crippen molar-refractivity contribution in [1.29, 1.82) is 0 Å². The van der Waals surface area contributed by atoms with E-state index in [4.69, 9.17) is 14.2 Å². The number of hydrogen-bond donors (Lipinski definition) is 1. The fourth-order valence-electron chi connectivity index (χ4n) is 2.11. The number of ether oxygens (including phenoxy) is 3. The lowest BCUT2D eigenvalue weighted by atomic mass is 10.2. The summed E-state index contributed by atoms with van der Waals surface area (Å²) in [6.07, 6.45) is 0. The number of nitrogens with one attached hydrogen (secondary N) is 1. The molecular formula is C17H16N2O7. The fourth-order valence-corrected chi connectivity index (χ4v) is 2.11. The molecule has 2 aromatic rings. The molecule has 0 aromatic heterocycles. The van der Waals surface area contributed by atoms with Crippen molar-refractivity contribution in [3.05, 3.63) is 58.1 Å². The predicted molar refractivity (Wildman–Crippen MR) is 91.6 cm³/mol. The third-order valence-corrected chi connectivity index (χ3v) is 3.33. The summed E-state index contributed by atoms with van der Waals surface area (Å²) < 4.78 is 14.8. The molecule has 2 aromatic carbocycles. The van der Waals surface area contributed by atoms with Gasteiger partial charge in [-0.05, 0) is 24.3 Å². The molecule has 0 unspecified atom stereocenters. The van der Waals surface area contributed by atoms with E-state index < -0.39 is 23.4 Å². The zero-order valence-corrected chi connectivity index (χ0v) is 14.1. The highest BCUT2D eigenvalue weighted by Gasteiger charge is 2.19. The molecule has 1 amide bonds. The van der Waals surface area contributed by atoms with E-state index in [2.05, 4.69) is 5.32 Å². The van der Waals surface area contributed by atoms with E-state index in [0.717, 1.165) is 6.07 Å². The molecule has 9 nitrogen and oxygen atoms in total. The van der Waals surface area contributed by atoms with Gasteiger partial charge in [-0.15, -0.1) is 0 Å². The van der Waals surface area contributed by atoms with E-state index in [1.807, 2.05) is 0 Å². The molecule has 9 heteroatoms. The van der Waals surface area contributed by atoms with Crippen LogP contribution >= 0.6 is 0 Å². The molecule has 0 bridgehead atoms. The summed E-state index contributed by atoms with van der Waals surface area (Å²) in [7, 11) is 2.74. The van der Waals surface area contributed by atoms with Crippen molar-refractivity contribution in [2.75, 3.05) is 26.1 Å². The molecule has 0 aliphatic rings.